The van der Waals surface area contributed by atoms with Crippen LogP contribution in [0.1, 0.15) is 36.8 Å². The number of rotatable bonds is 11. The number of nitrogens with zero attached hydrogens (tertiary/aromatic N) is 1. The Morgan fingerprint density at radius 1 is 0.929 bits per heavy atom. The van der Waals surface area contributed by atoms with Crippen molar-refractivity contribution >= 4 is 0 Å². The molecule has 4 nitrogen and oxygen atoms in total. The lowest BCUT2D eigenvalue weighted by Gasteiger charge is -2.28. The molecule has 1 fully saturated rings. The van der Waals surface area contributed by atoms with Crippen LogP contribution in [-0.4, -0.2) is 48.9 Å². The van der Waals surface area contributed by atoms with Crippen molar-refractivity contribution in [3.63, 3.8) is 0 Å². The van der Waals surface area contributed by atoms with Gasteiger partial charge in [0.1, 0.15) is 18.5 Å². The van der Waals surface area contributed by atoms with E-state index in [4.69, 9.17) is 4.74 Å². The molecule has 4 heteroatoms. The molecular weight excluding hydrogens is 348 g/mol. The number of aryl methyl sites for hydroxylation is 1. The van der Waals surface area contributed by atoms with Crippen molar-refractivity contribution in [2.24, 2.45) is 0 Å². The fourth-order valence-electron chi connectivity index (χ4n) is 3.68. The number of hydrogen-bond acceptors (Lipinski definition) is 4. The molecule has 152 valence electrons. The van der Waals surface area contributed by atoms with Gasteiger partial charge in [0.05, 0.1) is 0 Å². The molecule has 3 rings (SSSR count). The summed E-state index contributed by atoms with van der Waals surface area (Å²) in [6.45, 7) is 5.15. The molecule has 0 unspecified atom stereocenters. The summed E-state index contributed by atoms with van der Waals surface area (Å²) in [5.41, 5.74) is 2.65. The largest absolute Gasteiger partial charge is 0.491 e. The van der Waals surface area contributed by atoms with Crippen LogP contribution in [0.2, 0.25) is 0 Å². The molecule has 1 aliphatic rings. The van der Waals surface area contributed by atoms with Gasteiger partial charge in [-0.2, -0.15) is 0 Å². The Labute approximate surface area is 169 Å². The van der Waals surface area contributed by atoms with Gasteiger partial charge < -0.3 is 20.1 Å². The third-order valence-electron chi connectivity index (χ3n) is 5.27. The molecule has 1 aliphatic heterocycles. The van der Waals surface area contributed by atoms with Crippen molar-refractivity contribution in [2.45, 2.75) is 44.8 Å². The first-order valence-electron chi connectivity index (χ1n) is 10.7. The van der Waals surface area contributed by atoms with Crippen molar-refractivity contribution in [3.05, 3.63) is 65.7 Å². The predicted molar refractivity (Wildman–Crippen MR) is 115 cm³/mol. The van der Waals surface area contributed by atoms with Gasteiger partial charge in [-0.3, -0.25) is 0 Å². The molecule has 2 N–H and O–H groups in total. The quantitative estimate of drug-likeness (QED) is 0.583. The number of nitrogens with one attached hydrogen (secondary N) is 1. The summed E-state index contributed by atoms with van der Waals surface area (Å²) in [6.07, 6.45) is 5.63. The van der Waals surface area contributed by atoms with Crippen molar-refractivity contribution < 1.29 is 9.84 Å². The van der Waals surface area contributed by atoms with Crippen LogP contribution in [0.5, 0.6) is 5.75 Å². The van der Waals surface area contributed by atoms with Gasteiger partial charge in [-0.15, -0.1) is 0 Å². The molecule has 0 aromatic heterocycles. The zero-order valence-electron chi connectivity index (χ0n) is 16.9. The first kappa shape index (κ1) is 20.8. The van der Waals surface area contributed by atoms with Crippen LogP contribution in [0.25, 0.3) is 0 Å². The van der Waals surface area contributed by atoms with E-state index in [1.807, 2.05) is 12.1 Å². The van der Waals surface area contributed by atoms with Crippen LogP contribution in [0.15, 0.2) is 54.6 Å². The number of β-amino-alcohol motifs (C(OH)–C–C–N with tert-alkyl or cyclic N) is 1. The molecule has 0 bridgehead atoms. The second-order valence-corrected chi connectivity index (χ2v) is 7.74. The second kappa shape index (κ2) is 11.8. The van der Waals surface area contributed by atoms with Crippen molar-refractivity contribution in [3.8, 4) is 5.75 Å². The van der Waals surface area contributed by atoms with Gasteiger partial charge in [-0.05, 0) is 68.6 Å². The zero-order valence-corrected chi connectivity index (χ0v) is 16.9. The Morgan fingerprint density at radius 3 is 2.43 bits per heavy atom. The van der Waals surface area contributed by atoms with E-state index in [1.165, 1.54) is 30.4 Å². The minimum Gasteiger partial charge on any atom is -0.491 e. The van der Waals surface area contributed by atoms with E-state index >= 15 is 0 Å². The van der Waals surface area contributed by atoms with Crippen LogP contribution in [0, 0.1) is 0 Å². The van der Waals surface area contributed by atoms with Gasteiger partial charge in [0.2, 0.25) is 0 Å². The smallest absolute Gasteiger partial charge is 0.119 e. The lowest BCUT2D eigenvalue weighted by Crippen LogP contribution is -2.38. The van der Waals surface area contributed by atoms with Crippen LogP contribution in [0.3, 0.4) is 0 Å². The van der Waals surface area contributed by atoms with Crippen molar-refractivity contribution in [1.82, 2.24) is 10.2 Å². The summed E-state index contributed by atoms with van der Waals surface area (Å²) in [5.74, 6) is 0.825. The Kier molecular flexibility index (Phi) is 8.82. The van der Waals surface area contributed by atoms with Gasteiger partial charge in [0.15, 0.2) is 0 Å². The monoisotopic (exact) mass is 382 g/mol. The molecule has 1 atom stereocenters. The molecule has 0 aliphatic carbocycles. The van der Waals surface area contributed by atoms with Crippen molar-refractivity contribution in [1.29, 1.82) is 0 Å². The summed E-state index contributed by atoms with van der Waals surface area (Å²) in [7, 11) is 0. The van der Waals surface area contributed by atoms with E-state index in [0.717, 1.165) is 44.8 Å². The predicted octanol–water partition coefficient (Wildman–Crippen LogP) is 3.63. The highest BCUT2D eigenvalue weighted by Crippen LogP contribution is 2.14. The summed E-state index contributed by atoms with van der Waals surface area (Å²) < 4.78 is 5.76. The number of aliphatic hydroxyl groups excluding tert-OH is 1. The fraction of sp³-hybridized carbons (Fsp3) is 0.500. The number of hydrogen-bond donors (Lipinski definition) is 2. The summed E-state index contributed by atoms with van der Waals surface area (Å²) >= 11 is 0. The summed E-state index contributed by atoms with van der Waals surface area (Å²) in [6, 6.07) is 18.8. The summed E-state index contributed by atoms with van der Waals surface area (Å²) in [4.78, 5) is 2.34. The maximum absolute atomic E-state index is 10.2. The summed E-state index contributed by atoms with van der Waals surface area (Å²) in [5, 5.41) is 13.7. The lowest BCUT2D eigenvalue weighted by molar-refractivity contribution is 0.0617. The first-order valence-corrected chi connectivity index (χ1v) is 10.7. The first-order chi connectivity index (χ1) is 13.8. The molecule has 2 aromatic rings. The third-order valence-corrected chi connectivity index (χ3v) is 5.27. The third kappa shape index (κ3) is 7.63. The van der Waals surface area contributed by atoms with Gasteiger partial charge in [-0.1, -0.05) is 48.9 Å². The average Bonchev–Trinajstić information content (AvgIpc) is 2.74. The molecule has 1 heterocycles. The van der Waals surface area contributed by atoms with Crippen LogP contribution in [0.4, 0.5) is 0 Å². The Morgan fingerprint density at radius 2 is 1.68 bits per heavy atom. The Bertz CT molecular complexity index is 654. The molecule has 0 saturated carbocycles. The number of ether oxygens (including phenoxy) is 1. The standard InChI is InChI=1S/C24H34N2O2/c27-23(19-26-16-5-2-6-17-26)20-28-24-13-11-22(12-14-24)18-25-15-7-10-21-8-3-1-4-9-21/h1,3-4,8-9,11-14,23,25,27H,2,5-7,10,15-20H2/t23-/m0/s1. The van der Waals surface area contributed by atoms with E-state index in [0.29, 0.717) is 13.2 Å². The topological polar surface area (TPSA) is 44.7 Å². The normalized spacial score (nSPS) is 16.0. The SMILES string of the molecule is O[C@H](COc1ccc(CNCCCc2ccccc2)cc1)CN1CCCCC1. The molecule has 0 spiro atoms. The Balaban J connectivity index is 1.28. The molecule has 0 amide bonds. The maximum Gasteiger partial charge on any atom is 0.119 e. The maximum atomic E-state index is 10.2. The van der Waals surface area contributed by atoms with Crippen LogP contribution < -0.4 is 10.1 Å². The van der Waals surface area contributed by atoms with E-state index < -0.39 is 6.10 Å². The van der Waals surface area contributed by atoms with Crippen LogP contribution in [-0.2, 0) is 13.0 Å². The second-order valence-electron chi connectivity index (χ2n) is 7.74. The molecular formula is C24H34N2O2. The van der Waals surface area contributed by atoms with Gasteiger partial charge in [0.25, 0.3) is 0 Å². The molecule has 1 saturated heterocycles. The molecule has 28 heavy (non-hydrogen) atoms. The van der Waals surface area contributed by atoms with Gasteiger partial charge in [-0.25, -0.2) is 0 Å². The number of aliphatic hydroxyl groups is 1. The lowest BCUT2D eigenvalue weighted by atomic mass is 10.1. The number of benzene rings is 2. The van der Waals surface area contributed by atoms with E-state index in [9.17, 15) is 5.11 Å². The highest BCUT2D eigenvalue weighted by atomic mass is 16.5. The van der Waals surface area contributed by atoms with Gasteiger partial charge in [0, 0.05) is 13.1 Å². The average molecular weight is 383 g/mol. The molecule has 0 radical (unpaired) electrons. The van der Waals surface area contributed by atoms with E-state index in [-0.39, 0.29) is 0 Å². The fourth-order valence-corrected chi connectivity index (χ4v) is 3.68. The van der Waals surface area contributed by atoms with Gasteiger partial charge >= 0.3 is 0 Å². The highest BCUT2D eigenvalue weighted by molar-refractivity contribution is 5.27. The Hall–Kier alpha value is -1.88. The highest BCUT2D eigenvalue weighted by Gasteiger charge is 2.14. The van der Waals surface area contributed by atoms with Crippen LogP contribution >= 0.6 is 0 Å². The number of piperidine rings is 1. The zero-order chi connectivity index (χ0) is 19.4. The molecule has 2 aromatic carbocycles. The minimum absolute atomic E-state index is 0.355. The minimum atomic E-state index is -0.427. The van der Waals surface area contributed by atoms with E-state index in [2.05, 4.69) is 52.7 Å². The number of likely N-dealkylation sites (tertiary alicyclic amines) is 1. The van der Waals surface area contributed by atoms with Crippen molar-refractivity contribution in [2.75, 3.05) is 32.8 Å². The van der Waals surface area contributed by atoms with E-state index in [1.54, 1.807) is 0 Å².